The molecule has 2 aromatic heterocycles. The van der Waals surface area contributed by atoms with E-state index in [9.17, 15) is 14.4 Å². The van der Waals surface area contributed by atoms with E-state index in [1.54, 1.807) is 20.8 Å². The zero-order valence-corrected chi connectivity index (χ0v) is 19.6. The van der Waals surface area contributed by atoms with Crippen LogP contribution in [0, 0.1) is 27.7 Å². The number of hydrogen-bond acceptors (Lipinski definition) is 7. The predicted octanol–water partition coefficient (Wildman–Crippen LogP) is 4.52. The first-order chi connectivity index (χ1) is 15.2. The van der Waals surface area contributed by atoms with Crippen LogP contribution in [0.5, 0.6) is 0 Å². The van der Waals surface area contributed by atoms with Crippen molar-refractivity contribution in [3.05, 3.63) is 62.2 Å². The highest BCUT2D eigenvalue weighted by Gasteiger charge is 2.24. The average molecular weight is 455 g/mol. The lowest BCUT2D eigenvalue weighted by molar-refractivity contribution is -0.141. The summed E-state index contributed by atoms with van der Waals surface area (Å²) in [5.41, 5.74) is 4.43. The van der Waals surface area contributed by atoms with Gasteiger partial charge in [0.25, 0.3) is 0 Å². The number of benzene rings is 1. The summed E-state index contributed by atoms with van der Waals surface area (Å²) in [6.45, 7) is 8.80. The Morgan fingerprint density at radius 2 is 1.72 bits per heavy atom. The molecule has 2 heterocycles. The molecule has 0 spiro atoms. The summed E-state index contributed by atoms with van der Waals surface area (Å²) in [7, 11) is 0. The van der Waals surface area contributed by atoms with Crippen molar-refractivity contribution in [2.45, 2.75) is 41.0 Å². The molecule has 8 heteroatoms. The van der Waals surface area contributed by atoms with Gasteiger partial charge in [-0.1, -0.05) is 29.8 Å². The standard InChI is InChI=1S/C24H26N2O5S/c1-6-30-24(29)22-14(3)21(15(4)25-22)18(27)12-31-20(28)11-19-23(26-16(5)32-19)17-9-7-13(2)8-10-17/h7-10,25H,6,11-12H2,1-5H3. The number of aryl methyl sites for hydroxylation is 3. The van der Waals surface area contributed by atoms with Crippen molar-refractivity contribution >= 4 is 29.1 Å². The molecular weight excluding hydrogens is 428 g/mol. The normalized spacial score (nSPS) is 10.8. The van der Waals surface area contributed by atoms with Crippen molar-refractivity contribution in [2.24, 2.45) is 0 Å². The molecule has 0 atom stereocenters. The van der Waals surface area contributed by atoms with Crippen LogP contribution in [0.2, 0.25) is 0 Å². The molecule has 3 aromatic rings. The van der Waals surface area contributed by atoms with Crippen LogP contribution in [-0.2, 0) is 20.7 Å². The number of thiazole rings is 1. The Morgan fingerprint density at radius 1 is 1.03 bits per heavy atom. The topological polar surface area (TPSA) is 98.4 Å². The van der Waals surface area contributed by atoms with Crippen LogP contribution < -0.4 is 0 Å². The summed E-state index contributed by atoms with van der Waals surface area (Å²) in [6.07, 6.45) is 0.0289. The second-order valence-electron chi connectivity index (χ2n) is 7.48. The number of nitrogens with zero attached hydrogens (tertiary/aromatic N) is 1. The molecule has 0 unspecified atom stereocenters. The molecule has 0 fully saturated rings. The largest absolute Gasteiger partial charge is 0.461 e. The molecule has 0 bridgehead atoms. The molecule has 1 aromatic carbocycles. The molecule has 0 aliphatic rings. The van der Waals surface area contributed by atoms with Gasteiger partial charge < -0.3 is 14.5 Å². The number of carbonyl (C=O) groups excluding carboxylic acids is 3. The number of rotatable bonds is 8. The van der Waals surface area contributed by atoms with E-state index in [4.69, 9.17) is 9.47 Å². The number of carbonyl (C=O) groups is 3. The second kappa shape index (κ2) is 9.91. The Kier molecular flexibility index (Phi) is 7.25. The SMILES string of the molecule is CCOC(=O)c1[nH]c(C)c(C(=O)COC(=O)Cc2sc(C)nc2-c2ccc(C)cc2)c1C. The van der Waals surface area contributed by atoms with Crippen molar-refractivity contribution in [1.82, 2.24) is 9.97 Å². The quantitative estimate of drug-likeness (QED) is 0.397. The van der Waals surface area contributed by atoms with Crippen LogP contribution in [0.3, 0.4) is 0 Å². The summed E-state index contributed by atoms with van der Waals surface area (Å²) in [6, 6.07) is 7.94. The zero-order valence-electron chi connectivity index (χ0n) is 18.8. The third-order valence-electron chi connectivity index (χ3n) is 4.99. The predicted molar refractivity (Wildman–Crippen MR) is 122 cm³/mol. The Labute approximate surface area is 190 Å². The molecule has 0 saturated carbocycles. The van der Waals surface area contributed by atoms with Gasteiger partial charge >= 0.3 is 11.9 Å². The van der Waals surface area contributed by atoms with Crippen LogP contribution in [-0.4, -0.2) is 40.9 Å². The summed E-state index contributed by atoms with van der Waals surface area (Å²) < 4.78 is 10.3. The molecule has 0 amide bonds. The van der Waals surface area contributed by atoms with Crippen molar-refractivity contribution < 1.29 is 23.9 Å². The van der Waals surface area contributed by atoms with Crippen LogP contribution >= 0.6 is 11.3 Å². The Hall–Kier alpha value is -3.26. The fourth-order valence-corrected chi connectivity index (χ4v) is 4.45. The van der Waals surface area contributed by atoms with Gasteiger partial charge in [0.05, 0.1) is 23.7 Å². The summed E-state index contributed by atoms with van der Waals surface area (Å²) in [5, 5.41) is 0.851. The number of aromatic amines is 1. The lowest BCUT2D eigenvalue weighted by Gasteiger charge is -2.06. The van der Waals surface area contributed by atoms with E-state index < -0.39 is 18.5 Å². The van der Waals surface area contributed by atoms with Gasteiger partial charge in [-0.2, -0.15) is 0 Å². The zero-order chi connectivity index (χ0) is 23.4. The van der Waals surface area contributed by atoms with Gasteiger partial charge in [-0.15, -0.1) is 11.3 Å². The maximum atomic E-state index is 12.7. The van der Waals surface area contributed by atoms with Gasteiger partial charge in [-0.25, -0.2) is 9.78 Å². The van der Waals surface area contributed by atoms with E-state index in [0.717, 1.165) is 26.7 Å². The third kappa shape index (κ3) is 5.13. The van der Waals surface area contributed by atoms with Gasteiger partial charge in [0.1, 0.15) is 5.69 Å². The highest BCUT2D eigenvalue weighted by atomic mass is 32.1. The monoisotopic (exact) mass is 454 g/mol. The van der Waals surface area contributed by atoms with Crippen molar-refractivity contribution in [3.63, 3.8) is 0 Å². The van der Waals surface area contributed by atoms with Gasteiger partial charge in [0, 0.05) is 21.7 Å². The minimum Gasteiger partial charge on any atom is -0.461 e. The van der Waals surface area contributed by atoms with E-state index in [2.05, 4.69) is 9.97 Å². The molecular formula is C24H26N2O5S. The molecule has 168 valence electrons. The lowest BCUT2D eigenvalue weighted by atomic mass is 10.1. The average Bonchev–Trinajstić information content (AvgIpc) is 3.25. The fraction of sp³-hybridized carbons (Fsp3) is 0.333. The molecule has 0 aliphatic carbocycles. The molecule has 3 rings (SSSR count). The smallest absolute Gasteiger partial charge is 0.355 e. The summed E-state index contributed by atoms with van der Waals surface area (Å²) in [5.74, 6) is -1.40. The molecule has 1 N–H and O–H groups in total. The van der Waals surface area contributed by atoms with Gasteiger partial charge in [-0.05, 0) is 40.2 Å². The number of hydrogen-bond donors (Lipinski definition) is 1. The Balaban J connectivity index is 1.68. The van der Waals surface area contributed by atoms with Crippen LogP contribution in [0.1, 0.15) is 54.5 Å². The maximum Gasteiger partial charge on any atom is 0.355 e. The number of nitrogens with one attached hydrogen (secondary N) is 1. The number of ketones is 1. The van der Waals surface area contributed by atoms with E-state index in [0.29, 0.717) is 16.8 Å². The first-order valence-electron chi connectivity index (χ1n) is 10.3. The van der Waals surface area contributed by atoms with Crippen molar-refractivity contribution in [2.75, 3.05) is 13.2 Å². The highest BCUT2D eigenvalue weighted by Crippen LogP contribution is 2.29. The Bertz CT molecular complexity index is 1160. The Morgan fingerprint density at radius 3 is 2.38 bits per heavy atom. The number of esters is 2. The minimum absolute atomic E-state index is 0.0289. The number of Topliss-reactive ketones (excluding diaryl/α,β-unsaturated/α-hetero) is 1. The van der Waals surface area contributed by atoms with Gasteiger partial charge in [-0.3, -0.25) is 9.59 Å². The van der Waals surface area contributed by atoms with E-state index in [1.807, 2.05) is 38.1 Å². The molecule has 0 radical (unpaired) electrons. The number of aromatic nitrogens is 2. The number of H-pyrrole nitrogens is 1. The van der Waals surface area contributed by atoms with Crippen LogP contribution in [0.15, 0.2) is 24.3 Å². The summed E-state index contributed by atoms with van der Waals surface area (Å²) >= 11 is 1.44. The summed E-state index contributed by atoms with van der Waals surface area (Å²) in [4.78, 5) is 45.5. The highest BCUT2D eigenvalue weighted by molar-refractivity contribution is 7.12. The van der Waals surface area contributed by atoms with Gasteiger partial charge in [0.2, 0.25) is 5.78 Å². The van der Waals surface area contributed by atoms with E-state index >= 15 is 0 Å². The third-order valence-corrected chi connectivity index (χ3v) is 5.97. The van der Waals surface area contributed by atoms with E-state index in [-0.39, 0.29) is 24.5 Å². The second-order valence-corrected chi connectivity index (χ2v) is 8.76. The molecule has 0 aliphatic heterocycles. The van der Waals surface area contributed by atoms with E-state index in [1.165, 1.54) is 11.3 Å². The van der Waals surface area contributed by atoms with Crippen molar-refractivity contribution in [1.29, 1.82) is 0 Å². The van der Waals surface area contributed by atoms with Crippen LogP contribution in [0.4, 0.5) is 0 Å². The lowest BCUT2D eigenvalue weighted by Crippen LogP contribution is -2.16. The first kappa shape index (κ1) is 23.4. The molecule has 7 nitrogen and oxygen atoms in total. The minimum atomic E-state index is -0.520. The van der Waals surface area contributed by atoms with Crippen molar-refractivity contribution in [3.8, 4) is 11.3 Å². The van der Waals surface area contributed by atoms with Crippen LogP contribution in [0.25, 0.3) is 11.3 Å². The molecule has 0 saturated heterocycles. The molecule has 32 heavy (non-hydrogen) atoms. The van der Waals surface area contributed by atoms with Gasteiger partial charge in [0.15, 0.2) is 6.61 Å². The maximum absolute atomic E-state index is 12.7. The fourth-order valence-electron chi connectivity index (χ4n) is 3.50. The first-order valence-corrected chi connectivity index (χ1v) is 11.1. The number of ether oxygens (including phenoxy) is 2.